The first-order chi connectivity index (χ1) is 8.63. The van der Waals surface area contributed by atoms with Gasteiger partial charge in [-0.3, -0.25) is 0 Å². The molecule has 3 unspecified atom stereocenters. The van der Waals surface area contributed by atoms with Crippen LogP contribution in [0.15, 0.2) is 0 Å². The summed E-state index contributed by atoms with van der Waals surface area (Å²) in [6.07, 6.45) is 0. The van der Waals surface area contributed by atoms with E-state index in [4.69, 9.17) is 4.98 Å². The van der Waals surface area contributed by atoms with Gasteiger partial charge in [-0.25, -0.2) is 4.98 Å². The Morgan fingerprint density at radius 1 is 1.39 bits per heavy atom. The maximum atomic E-state index is 4.83. The summed E-state index contributed by atoms with van der Waals surface area (Å²) in [5.74, 6) is 2.55. The monoisotopic (exact) mass is 302 g/mol. The van der Waals surface area contributed by atoms with Crippen LogP contribution in [0.2, 0.25) is 0 Å². The highest BCUT2D eigenvalue weighted by atomic mass is 32.2. The summed E-state index contributed by atoms with van der Waals surface area (Å²) in [6.45, 7) is 9.89. The summed E-state index contributed by atoms with van der Waals surface area (Å²) in [5, 5.41) is 6.10. The summed E-state index contributed by atoms with van der Waals surface area (Å²) in [4.78, 5) is 6.24. The van der Waals surface area contributed by atoms with Crippen LogP contribution in [0.1, 0.15) is 47.6 Å². The van der Waals surface area contributed by atoms with Gasteiger partial charge in [0, 0.05) is 27.7 Å². The molecule has 2 heterocycles. The SMILES string of the molecule is CCNC(C)c1sc(C2SCCSC2C)nc1C. The molecule has 0 aromatic carbocycles. The van der Waals surface area contributed by atoms with E-state index in [1.54, 1.807) is 0 Å². The van der Waals surface area contributed by atoms with Crippen LogP contribution in [-0.4, -0.2) is 28.3 Å². The lowest BCUT2D eigenvalue weighted by molar-refractivity contribution is 0.603. The number of aromatic nitrogens is 1. The van der Waals surface area contributed by atoms with E-state index in [2.05, 4.69) is 56.5 Å². The average Bonchev–Trinajstić information content (AvgIpc) is 2.72. The van der Waals surface area contributed by atoms with Gasteiger partial charge in [-0.1, -0.05) is 13.8 Å². The number of nitrogens with zero attached hydrogens (tertiary/aromatic N) is 1. The van der Waals surface area contributed by atoms with Crippen molar-refractivity contribution in [2.75, 3.05) is 18.1 Å². The first-order valence-corrected chi connectivity index (χ1v) is 9.48. The lowest BCUT2D eigenvalue weighted by atomic mass is 10.2. The van der Waals surface area contributed by atoms with Crippen molar-refractivity contribution >= 4 is 34.9 Å². The highest BCUT2D eigenvalue weighted by Crippen LogP contribution is 2.44. The summed E-state index contributed by atoms with van der Waals surface area (Å²) < 4.78 is 0. The Morgan fingerprint density at radius 3 is 2.78 bits per heavy atom. The molecule has 1 aromatic rings. The zero-order valence-electron chi connectivity index (χ0n) is 11.5. The van der Waals surface area contributed by atoms with Gasteiger partial charge in [-0.2, -0.15) is 11.8 Å². The first kappa shape index (κ1) is 14.7. The predicted octanol–water partition coefficient (Wildman–Crippen LogP) is 4.03. The number of thioether (sulfide) groups is 2. The van der Waals surface area contributed by atoms with E-state index >= 15 is 0 Å². The third-order valence-corrected chi connectivity index (χ3v) is 7.86. The molecule has 5 heteroatoms. The minimum absolute atomic E-state index is 0.429. The lowest BCUT2D eigenvalue weighted by Gasteiger charge is -2.26. The fourth-order valence-corrected chi connectivity index (χ4v) is 6.51. The average molecular weight is 303 g/mol. The number of hydrogen-bond donors (Lipinski definition) is 1. The van der Waals surface area contributed by atoms with E-state index in [9.17, 15) is 0 Å². The van der Waals surface area contributed by atoms with Crippen molar-refractivity contribution in [2.24, 2.45) is 0 Å². The van der Waals surface area contributed by atoms with Crippen molar-refractivity contribution in [3.8, 4) is 0 Å². The normalized spacial score (nSPS) is 26.2. The largest absolute Gasteiger partial charge is 0.310 e. The van der Waals surface area contributed by atoms with Crippen LogP contribution in [0.5, 0.6) is 0 Å². The summed E-state index contributed by atoms with van der Waals surface area (Å²) >= 11 is 6.07. The smallest absolute Gasteiger partial charge is 0.107 e. The first-order valence-electron chi connectivity index (χ1n) is 6.57. The van der Waals surface area contributed by atoms with Crippen molar-refractivity contribution in [2.45, 2.75) is 44.2 Å². The molecule has 18 heavy (non-hydrogen) atoms. The number of thiazole rings is 1. The van der Waals surface area contributed by atoms with Gasteiger partial charge in [0.05, 0.1) is 10.9 Å². The highest BCUT2D eigenvalue weighted by molar-refractivity contribution is 8.06. The van der Waals surface area contributed by atoms with Crippen LogP contribution in [0.25, 0.3) is 0 Å². The molecule has 1 saturated heterocycles. The minimum atomic E-state index is 0.429. The number of rotatable bonds is 4. The van der Waals surface area contributed by atoms with Gasteiger partial charge in [0.15, 0.2) is 0 Å². The van der Waals surface area contributed by atoms with E-state index in [1.165, 1.54) is 27.1 Å². The second-order valence-electron chi connectivity index (χ2n) is 4.65. The fourth-order valence-electron chi connectivity index (χ4n) is 2.26. The number of nitrogens with one attached hydrogen (secondary N) is 1. The molecule has 2 nitrogen and oxygen atoms in total. The molecule has 0 radical (unpaired) electrons. The summed E-state index contributed by atoms with van der Waals surface area (Å²) in [7, 11) is 0. The standard InChI is InChI=1S/C13H22N2S3/c1-5-14-8(2)11-9(3)15-13(18-11)12-10(4)16-6-7-17-12/h8,10,12,14H,5-7H2,1-4H3. The maximum Gasteiger partial charge on any atom is 0.107 e. The molecule has 1 aliphatic heterocycles. The van der Waals surface area contributed by atoms with Crippen LogP contribution in [0.4, 0.5) is 0 Å². The summed E-state index contributed by atoms with van der Waals surface area (Å²) in [5.41, 5.74) is 1.21. The molecular formula is C13H22N2S3. The molecule has 0 bridgehead atoms. The van der Waals surface area contributed by atoms with E-state index in [0.29, 0.717) is 16.5 Å². The maximum absolute atomic E-state index is 4.83. The highest BCUT2D eigenvalue weighted by Gasteiger charge is 2.28. The van der Waals surface area contributed by atoms with Crippen LogP contribution < -0.4 is 5.32 Å². The molecule has 0 spiro atoms. The van der Waals surface area contributed by atoms with E-state index in [1.807, 2.05) is 11.3 Å². The third-order valence-electron chi connectivity index (χ3n) is 3.18. The minimum Gasteiger partial charge on any atom is -0.310 e. The molecule has 1 N–H and O–H groups in total. The van der Waals surface area contributed by atoms with Crippen molar-refractivity contribution in [1.29, 1.82) is 0 Å². The Morgan fingerprint density at radius 2 is 2.11 bits per heavy atom. The zero-order chi connectivity index (χ0) is 13.1. The van der Waals surface area contributed by atoms with Crippen LogP contribution in [0.3, 0.4) is 0 Å². The second-order valence-corrected chi connectivity index (χ2v) is 8.45. The zero-order valence-corrected chi connectivity index (χ0v) is 14.0. The molecule has 0 aliphatic carbocycles. The molecule has 102 valence electrons. The van der Waals surface area contributed by atoms with Crippen molar-refractivity contribution in [3.63, 3.8) is 0 Å². The molecule has 1 aromatic heterocycles. The Balaban J connectivity index is 2.17. The van der Waals surface area contributed by atoms with Crippen molar-refractivity contribution in [1.82, 2.24) is 10.3 Å². The molecule has 1 fully saturated rings. The quantitative estimate of drug-likeness (QED) is 0.907. The van der Waals surface area contributed by atoms with Gasteiger partial charge in [-0.15, -0.1) is 23.1 Å². The Kier molecular flexibility index (Phi) is 5.42. The molecule has 0 amide bonds. The van der Waals surface area contributed by atoms with Gasteiger partial charge in [0.1, 0.15) is 5.01 Å². The molecule has 2 rings (SSSR count). The van der Waals surface area contributed by atoms with Gasteiger partial charge in [0.25, 0.3) is 0 Å². The van der Waals surface area contributed by atoms with Crippen molar-refractivity contribution in [3.05, 3.63) is 15.6 Å². The molecule has 1 aliphatic rings. The van der Waals surface area contributed by atoms with Crippen LogP contribution in [-0.2, 0) is 0 Å². The topological polar surface area (TPSA) is 24.9 Å². The van der Waals surface area contributed by atoms with E-state index in [-0.39, 0.29) is 0 Å². The molecule has 3 atom stereocenters. The number of aryl methyl sites for hydroxylation is 1. The van der Waals surface area contributed by atoms with Gasteiger partial charge in [0.2, 0.25) is 0 Å². The van der Waals surface area contributed by atoms with Gasteiger partial charge in [-0.05, 0) is 20.4 Å². The Hall–Kier alpha value is 0.290. The van der Waals surface area contributed by atoms with Gasteiger partial charge >= 0.3 is 0 Å². The molecule has 0 saturated carbocycles. The van der Waals surface area contributed by atoms with Gasteiger partial charge < -0.3 is 5.32 Å². The second kappa shape index (κ2) is 6.64. The third kappa shape index (κ3) is 3.24. The Bertz CT molecular complexity index is 392. The lowest BCUT2D eigenvalue weighted by Crippen LogP contribution is -2.17. The molecular weight excluding hydrogens is 280 g/mol. The van der Waals surface area contributed by atoms with Crippen molar-refractivity contribution < 1.29 is 0 Å². The summed E-state index contributed by atoms with van der Waals surface area (Å²) in [6, 6.07) is 0.429. The van der Waals surface area contributed by atoms with E-state index < -0.39 is 0 Å². The fraction of sp³-hybridized carbons (Fsp3) is 0.769. The van der Waals surface area contributed by atoms with E-state index in [0.717, 1.165) is 6.54 Å². The van der Waals surface area contributed by atoms with Crippen LogP contribution >= 0.6 is 34.9 Å². The number of hydrogen-bond acceptors (Lipinski definition) is 5. The van der Waals surface area contributed by atoms with Crippen LogP contribution in [0, 0.1) is 6.92 Å². The predicted molar refractivity (Wildman–Crippen MR) is 86.1 cm³/mol. The Labute approximate surface area is 123 Å².